The van der Waals surface area contributed by atoms with Gasteiger partial charge in [0.25, 0.3) is 0 Å². The number of amides is 1. The van der Waals surface area contributed by atoms with Crippen LogP contribution in [-0.4, -0.2) is 53.0 Å². The number of halogens is 1. The minimum Gasteiger partial charge on any atom is -0.462 e. The highest BCUT2D eigenvalue weighted by Gasteiger charge is 2.18. The first-order chi connectivity index (χ1) is 16.0. The number of thioether (sulfide) groups is 1. The van der Waals surface area contributed by atoms with Crippen LogP contribution in [0.15, 0.2) is 47.6 Å². The van der Waals surface area contributed by atoms with Crippen molar-refractivity contribution < 1.29 is 23.5 Å². The Morgan fingerprint density at radius 2 is 2.18 bits per heavy atom. The molecule has 1 N–H and O–H groups in total. The van der Waals surface area contributed by atoms with Crippen molar-refractivity contribution in [2.24, 2.45) is 0 Å². The minimum atomic E-state index is -0.415. The Kier molecular flexibility index (Phi) is 7.61. The van der Waals surface area contributed by atoms with Gasteiger partial charge in [-0.25, -0.2) is 14.2 Å². The lowest BCUT2D eigenvalue weighted by atomic mass is 10.2. The fourth-order valence-corrected chi connectivity index (χ4v) is 4.59. The van der Waals surface area contributed by atoms with E-state index in [9.17, 15) is 14.0 Å². The van der Waals surface area contributed by atoms with Crippen LogP contribution in [0, 0.1) is 5.82 Å². The van der Waals surface area contributed by atoms with Crippen LogP contribution in [0.2, 0.25) is 0 Å². The van der Waals surface area contributed by atoms with Gasteiger partial charge < -0.3 is 19.4 Å². The lowest BCUT2D eigenvalue weighted by Crippen LogP contribution is -2.32. The van der Waals surface area contributed by atoms with Gasteiger partial charge in [-0.05, 0) is 55.7 Å². The number of rotatable bonds is 9. The van der Waals surface area contributed by atoms with Crippen molar-refractivity contribution >= 4 is 34.7 Å². The molecule has 1 aliphatic heterocycles. The van der Waals surface area contributed by atoms with E-state index >= 15 is 0 Å². The topological polar surface area (TPSA) is 82.4 Å². The Morgan fingerprint density at radius 1 is 1.30 bits per heavy atom. The van der Waals surface area contributed by atoms with Gasteiger partial charge in [0.15, 0.2) is 5.16 Å². The summed E-state index contributed by atoms with van der Waals surface area (Å²) < 4.78 is 26.3. The lowest BCUT2D eigenvalue weighted by molar-refractivity contribution is -0.119. The highest BCUT2D eigenvalue weighted by molar-refractivity contribution is 7.99. The van der Waals surface area contributed by atoms with Crippen LogP contribution in [0.4, 0.5) is 4.39 Å². The molecule has 0 spiro atoms. The number of nitrogens with zero attached hydrogens (tertiary/aromatic N) is 2. The predicted molar refractivity (Wildman–Crippen MR) is 124 cm³/mol. The van der Waals surface area contributed by atoms with E-state index < -0.39 is 5.97 Å². The number of hydrogen-bond acceptors (Lipinski definition) is 6. The number of imidazole rings is 1. The summed E-state index contributed by atoms with van der Waals surface area (Å²) >= 11 is 1.30. The zero-order valence-corrected chi connectivity index (χ0v) is 19.2. The van der Waals surface area contributed by atoms with Gasteiger partial charge in [-0.2, -0.15) is 0 Å². The summed E-state index contributed by atoms with van der Waals surface area (Å²) in [6.45, 7) is 3.66. The Balaban J connectivity index is 1.55. The summed E-state index contributed by atoms with van der Waals surface area (Å²) in [7, 11) is 0. The molecule has 2 heterocycles. The standard InChI is InChI=1S/C24H26FN3O4S/c1-2-31-23(30)17-8-9-21-20(12-17)27-24(28(21)14-16-5-3-6-18(25)11-16)33-15-22(29)26-13-19-7-4-10-32-19/h3,5-6,8-9,11-12,19H,2,4,7,10,13-15H2,1H3,(H,26,29)/t19-/m0/s1. The molecule has 0 bridgehead atoms. The Hall–Kier alpha value is -2.91. The largest absolute Gasteiger partial charge is 0.462 e. The summed E-state index contributed by atoms with van der Waals surface area (Å²) in [5.41, 5.74) is 2.58. The van der Waals surface area contributed by atoms with Crippen molar-refractivity contribution in [1.29, 1.82) is 0 Å². The maximum Gasteiger partial charge on any atom is 0.338 e. The van der Waals surface area contributed by atoms with Gasteiger partial charge >= 0.3 is 5.97 Å². The third-order valence-electron chi connectivity index (χ3n) is 5.34. The number of fused-ring (bicyclic) bond motifs is 1. The lowest BCUT2D eigenvalue weighted by Gasteiger charge is -2.11. The van der Waals surface area contributed by atoms with Gasteiger partial charge in [-0.1, -0.05) is 23.9 Å². The maximum absolute atomic E-state index is 13.7. The van der Waals surface area contributed by atoms with E-state index in [-0.39, 0.29) is 30.2 Å². The number of hydrogen-bond donors (Lipinski definition) is 1. The molecule has 1 saturated heterocycles. The van der Waals surface area contributed by atoms with Crippen LogP contribution >= 0.6 is 11.8 Å². The minimum absolute atomic E-state index is 0.0813. The molecule has 4 rings (SSSR count). The fraction of sp³-hybridized carbons (Fsp3) is 0.375. The molecule has 1 fully saturated rings. The van der Waals surface area contributed by atoms with E-state index in [1.807, 2.05) is 10.6 Å². The molecule has 1 aliphatic rings. The number of aromatic nitrogens is 2. The van der Waals surface area contributed by atoms with Gasteiger partial charge in [0.05, 0.1) is 41.6 Å². The highest BCUT2D eigenvalue weighted by Crippen LogP contribution is 2.26. The molecule has 174 valence electrons. The molecule has 1 aromatic heterocycles. The fourth-order valence-electron chi connectivity index (χ4n) is 3.74. The Morgan fingerprint density at radius 3 is 2.94 bits per heavy atom. The monoisotopic (exact) mass is 471 g/mol. The second-order valence-electron chi connectivity index (χ2n) is 7.76. The van der Waals surface area contributed by atoms with Gasteiger partial charge in [-0.15, -0.1) is 0 Å². The predicted octanol–water partition coefficient (Wildman–Crippen LogP) is 3.79. The van der Waals surface area contributed by atoms with Crippen molar-refractivity contribution in [2.45, 2.75) is 37.6 Å². The number of carbonyl (C=O) groups is 2. The van der Waals surface area contributed by atoms with E-state index in [0.717, 1.165) is 30.5 Å². The molecule has 0 unspecified atom stereocenters. The first-order valence-electron chi connectivity index (χ1n) is 11.0. The Labute approximate surface area is 195 Å². The molecule has 7 nitrogen and oxygen atoms in total. The molecule has 0 radical (unpaired) electrons. The van der Waals surface area contributed by atoms with Crippen LogP contribution in [-0.2, 0) is 20.8 Å². The third kappa shape index (κ3) is 5.91. The summed E-state index contributed by atoms with van der Waals surface area (Å²) in [5, 5.41) is 3.52. The zero-order valence-electron chi connectivity index (χ0n) is 18.4. The van der Waals surface area contributed by atoms with Crippen LogP contribution in [0.3, 0.4) is 0 Å². The van der Waals surface area contributed by atoms with Crippen molar-refractivity contribution in [2.75, 3.05) is 25.5 Å². The normalized spacial score (nSPS) is 15.6. The van der Waals surface area contributed by atoms with Gasteiger partial charge in [0.2, 0.25) is 5.91 Å². The van der Waals surface area contributed by atoms with Crippen molar-refractivity contribution in [3.05, 3.63) is 59.4 Å². The number of carbonyl (C=O) groups excluding carboxylic acids is 2. The molecule has 0 aliphatic carbocycles. The number of nitrogens with one attached hydrogen (secondary N) is 1. The van der Waals surface area contributed by atoms with E-state index in [1.165, 1.54) is 23.9 Å². The SMILES string of the molecule is CCOC(=O)c1ccc2c(c1)nc(SCC(=O)NC[C@@H]1CCCO1)n2Cc1cccc(F)c1. The molecular weight excluding hydrogens is 445 g/mol. The number of esters is 1. The van der Waals surface area contributed by atoms with Gasteiger partial charge in [-0.3, -0.25) is 4.79 Å². The molecule has 3 aromatic rings. The van der Waals surface area contributed by atoms with Crippen LogP contribution in [0.25, 0.3) is 11.0 Å². The molecule has 1 amide bonds. The average Bonchev–Trinajstić information content (AvgIpc) is 3.44. The summed E-state index contributed by atoms with van der Waals surface area (Å²) in [6.07, 6.45) is 2.06. The third-order valence-corrected chi connectivity index (χ3v) is 6.31. The smallest absolute Gasteiger partial charge is 0.338 e. The Bertz CT molecular complexity index is 1140. The van der Waals surface area contributed by atoms with Crippen LogP contribution in [0.5, 0.6) is 0 Å². The molecule has 9 heteroatoms. The molecule has 0 saturated carbocycles. The number of ether oxygens (including phenoxy) is 2. The summed E-state index contributed by atoms with van der Waals surface area (Å²) in [5.74, 6) is -0.651. The molecular formula is C24H26FN3O4S. The van der Waals surface area contributed by atoms with Crippen molar-refractivity contribution in [3.63, 3.8) is 0 Å². The molecule has 33 heavy (non-hydrogen) atoms. The van der Waals surface area contributed by atoms with Crippen LogP contribution in [0.1, 0.15) is 35.7 Å². The second kappa shape index (κ2) is 10.8. The summed E-state index contributed by atoms with van der Waals surface area (Å²) in [6, 6.07) is 11.5. The van der Waals surface area contributed by atoms with E-state index in [2.05, 4.69) is 10.3 Å². The van der Waals surface area contributed by atoms with Gasteiger partial charge in [0, 0.05) is 13.2 Å². The first-order valence-corrected chi connectivity index (χ1v) is 11.9. The quantitative estimate of drug-likeness (QED) is 0.378. The van der Waals surface area contributed by atoms with E-state index in [0.29, 0.717) is 29.3 Å². The molecule has 1 atom stereocenters. The highest BCUT2D eigenvalue weighted by atomic mass is 32.2. The van der Waals surface area contributed by atoms with Crippen LogP contribution < -0.4 is 5.32 Å². The maximum atomic E-state index is 13.7. The number of benzene rings is 2. The first kappa shape index (κ1) is 23.3. The van der Waals surface area contributed by atoms with E-state index in [4.69, 9.17) is 9.47 Å². The van der Waals surface area contributed by atoms with Crippen molar-refractivity contribution in [1.82, 2.24) is 14.9 Å². The average molecular weight is 472 g/mol. The second-order valence-corrected chi connectivity index (χ2v) is 8.70. The van der Waals surface area contributed by atoms with Gasteiger partial charge in [0.1, 0.15) is 5.82 Å². The summed E-state index contributed by atoms with van der Waals surface area (Å²) in [4.78, 5) is 29.2. The zero-order chi connectivity index (χ0) is 23.2. The molecule has 2 aromatic carbocycles. The van der Waals surface area contributed by atoms with E-state index in [1.54, 1.807) is 31.2 Å². The van der Waals surface area contributed by atoms with Crippen molar-refractivity contribution in [3.8, 4) is 0 Å².